The van der Waals surface area contributed by atoms with Gasteiger partial charge in [0.05, 0.1) is 18.0 Å². The fourth-order valence-corrected chi connectivity index (χ4v) is 6.72. The summed E-state index contributed by atoms with van der Waals surface area (Å²) in [5.74, 6) is -0.519. The molecular weight excluding hydrogens is 402 g/mol. The van der Waals surface area contributed by atoms with Gasteiger partial charge in [-0.3, -0.25) is 4.90 Å². The zero-order valence-electron chi connectivity index (χ0n) is 19.3. The lowest BCUT2D eigenvalue weighted by molar-refractivity contribution is -0.135. The Hall–Kier alpha value is -1.92. The molecule has 3 fully saturated rings. The second kappa shape index (κ2) is 9.52. The Bertz CT molecular complexity index is 834. The third-order valence-corrected chi connectivity index (χ3v) is 8.05. The van der Waals surface area contributed by atoms with Gasteiger partial charge in [-0.1, -0.05) is 44.2 Å². The van der Waals surface area contributed by atoms with Crippen LogP contribution in [0.2, 0.25) is 0 Å². The van der Waals surface area contributed by atoms with E-state index in [1.165, 1.54) is 57.8 Å². The predicted molar refractivity (Wildman–Crippen MR) is 126 cm³/mol. The number of ether oxygens (including phenoxy) is 1. The second-order valence-corrected chi connectivity index (χ2v) is 9.94. The molecule has 1 aliphatic carbocycles. The van der Waals surface area contributed by atoms with Crippen LogP contribution in [0.4, 0.5) is 11.4 Å². The van der Waals surface area contributed by atoms with Crippen LogP contribution in [0, 0.1) is 0 Å². The lowest BCUT2D eigenvalue weighted by Gasteiger charge is -2.49. The molecule has 6 nitrogen and oxygen atoms in total. The quantitative estimate of drug-likeness (QED) is 0.696. The molecule has 1 N–H and O–H groups in total. The highest BCUT2D eigenvalue weighted by molar-refractivity contribution is 6.39. The Morgan fingerprint density at radius 2 is 1.62 bits per heavy atom. The Morgan fingerprint density at radius 1 is 0.969 bits per heavy atom. The van der Waals surface area contributed by atoms with Crippen molar-refractivity contribution < 1.29 is 14.6 Å². The van der Waals surface area contributed by atoms with E-state index in [1.54, 1.807) is 6.92 Å². The number of rotatable bonds is 4. The van der Waals surface area contributed by atoms with E-state index in [2.05, 4.69) is 14.8 Å². The highest BCUT2D eigenvalue weighted by Gasteiger charge is 2.47. The molecule has 1 aromatic rings. The van der Waals surface area contributed by atoms with Crippen LogP contribution in [0.3, 0.4) is 0 Å². The van der Waals surface area contributed by atoms with Crippen LogP contribution in [0.5, 0.6) is 0 Å². The zero-order valence-corrected chi connectivity index (χ0v) is 19.3. The highest BCUT2D eigenvalue weighted by Crippen LogP contribution is 2.45. The van der Waals surface area contributed by atoms with Gasteiger partial charge in [-0.25, -0.2) is 9.79 Å². The average Bonchev–Trinajstić information content (AvgIpc) is 3.02. The Balaban J connectivity index is 1.38. The van der Waals surface area contributed by atoms with E-state index in [4.69, 9.17) is 4.74 Å². The van der Waals surface area contributed by atoms with Gasteiger partial charge in [0.15, 0.2) is 11.9 Å². The molecule has 2 saturated heterocycles. The first-order valence-electron chi connectivity index (χ1n) is 12.8. The van der Waals surface area contributed by atoms with E-state index in [0.29, 0.717) is 12.1 Å². The molecule has 1 saturated carbocycles. The van der Waals surface area contributed by atoms with Gasteiger partial charge in [-0.05, 0) is 57.6 Å². The van der Waals surface area contributed by atoms with E-state index < -0.39 is 12.2 Å². The van der Waals surface area contributed by atoms with E-state index in [0.717, 1.165) is 30.3 Å². The standard InChI is InChI=1S/C26H37N3O3/c1-2-32-26(31)24-25(30)29(23-13-9-8-12-22(23)27-24)21-16-19-14-15-20(17-21)28(19)18-10-6-4-3-5-7-11-18/h8-9,12-13,18-21,25,30H,2-7,10-11,14-17H2,1H3/t19-,20?,21+,25?/m0/s1. The second-order valence-electron chi connectivity index (χ2n) is 9.94. The molecular formula is C26H37N3O3. The van der Waals surface area contributed by atoms with Crippen molar-refractivity contribution in [2.45, 2.75) is 108 Å². The minimum absolute atomic E-state index is 0.111. The van der Waals surface area contributed by atoms with Crippen molar-refractivity contribution in [1.29, 1.82) is 0 Å². The van der Waals surface area contributed by atoms with E-state index >= 15 is 0 Å². The number of aliphatic hydroxyl groups is 1. The minimum atomic E-state index is -1.05. The number of fused-ring (bicyclic) bond motifs is 3. The highest BCUT2D eigenvalue weighted by atomic mass is 16.5. The number of carbonyl (C=O) groups excluding carboxylic acids is 1. The summed E-state index contributed by atoms with van der Waals surface area (Å²) < 4.78 is 5.21. The molecule has 174 valence electrons. The summed E-state index contributed by atoms with van der Waals surface area (Å²) in [5.41, 5.74) is 1.79. The molecule has 4 atom stereocenters. The SMILES string of the molecule is CCOC(=O)C1=Nc2ccccc2N([C@H]2CC3CC[C@@H](C2)N3C2CCCCCCC2)C1O. The first-order valence-corrected chi connectivity index (χ1v) is 12.8. The maximum atomic E-state index is 12.6. The van der Waals surface area contributed by atoms with E-state index in [9.17, 15) is 9.90 Å². The molecule has 5 rings (SSSR count). The molecule has 32 heavy (non-hydrogen) atoms. The number of hydrogen-bond acceptors (Lipinski definition) is 6. The first kappa shape index (κ1) is 21.9. The van der Waals surface area contributed by atoms with Crippen LogP contribution in [-0.4, -0.2) is 58.7 Å². The molecule has 1 aromatic carbocycles. The van der Waals surface area contributed by atoms with Crippen LogP contribution in [0.15, 0.2) is 29.3 Å². The zero-order chi connectivity index (χ0) is 22.1. The van der Waals surface area contributed by atoms with Crippen molar-refractivity contribution in [1.82, 2.24) is 4.90 Å². The normalized spacial score (nSPS) is 31.4. The van der Waals surface area contributed by atoms with Gasteiger partial charge in [0, 0.05) is 24.2 Å². The maximum Gasteiger partial charge on any atom is 0.357 e. The summed E-state index contributed by atoms with van der Waals surface area (Å²) in [5, 5.41) is 11.3. The van der Waals surface area contributed by atoms with Crippen LogP contribution in [-0.2, 0) is 9.53 Å². The van der Waals surface area contributed by atoms with Gasteiger partial charge in [-0.2, -0.15) is 0 Å². The third-order valence-electron chi connectivity index (χ3n) is 8.05. The van der Waals surface area contributed by atoms with E-state index in [-0.39, 0.29) is 18.4 Å². The predicted octanol–water partition coefficient (Wildman–Crippen LogP) is 4.57. The first-order chi connectivity index (χ1) is 15.7. The van der Waals surface area contributed by atoms with Crippen molar-refractivity contribution >= 4 is 23.1 Å². The van der Waals surface area contributed by atoms with Gasteiger partial charge < -0.3 is 14.7 Å². The number of hydrogen-bond donors (Lipinski definition) is 1. The molecule has 4 aliphatic rings. The summed E-state index contributed by atoms with van der Waals surface area (Å²) >= 11 is 0. The molecule has 2 unspecified atom stereocenters. The summed E-state index contributed by atoms with van der Waals surface area (Å²) in [4.78, 5) is 22.0. The van der Waals surface area contributed by atoms with Crippen LogP contribution in [0.1, 0.15) is 77.6 Å². The number of esters is 1. The molecule has 6 heteroatoms. The topological polar surface area (TPSA) is 65.4 Å². The van der Waals surface area contributed by atoms with Crippen LogP contribution >= 0.6 is 0 Å². The molecule has 0 amide bonds. The molecule has 0 spiro atoms. The average molecular weight is 440 g/mol. The van der Waals surface area contributed by atoms with Crippen molar-refractivity contribution in [3.05, 3.63) is 24.3 Å². The Morgan fingerprint density at radius 3 is 2.31 bits per heavy atom. The number of benzene rings is 1. The molecule has 3 aliphatic heterocycles. The van der Waals surface area contributed by atoms with Crippen molar-refractivity contribution in [3.8, 4) is 0 Å². The molecule has 0 aromatic heterocycles. The molecule has 2 bridgehead atoms. The fraction of sp³-hybridized carbons (Fsp3) is 0.692. The number of aliphatic hydroxyl groups excluding tert-OH is 1. The van der Waals surface area contributed by atoms with Gasteiger partial charge in [0.2, 0.25) is 0 Å². The largest absolute Gasteiger partial charge is 0.461 e. The van der Waals surface area contributed by atoms with Crippen molar-refractivity contribution in [3.63, 3.8) is 0 Å². The minimum Gasteiger partial charge on any atom is -0.461 e. The summed E-state index contributed by atoms with van der Waals surface area (Å²) in [7, 11) is 0. The smallest absolute Gasteiger partial charge is 0.357 e. The maximum absolute atomic E-state index is 12.6. The van der Waals surface area contributed by atoms with Crippen LogP contribution in [0.25, 0.3) is 0 Å². The summed E-state index contributed by atoms with van der Waals surface area (Å²) in [6.07, 6.45) is 13.1. The third kappa shape index (κ3) is 4.08. The fourth-order valence-electron chi connectivity index (χ4n) is 6.72. The van der Waals surface area contributed by atoms with Gasteiger partial charge >= 0.3 is 5.97 Å². The molecule has 0 radical (unpaired) electrons. The number of nitrogens with zero attached hydrogens (tertiary/aromatic N) is 3. The number of anilines is 1. The number of aliphatic imine (C=N–C) groups is 1. The lowest BCUT2D eigenvalue weighted by atomic mass is 9.88. The lowest BCUT2D eigenvalue weighted by Crippen LogP contribution is -2.58. The van der Waals surface area contributed by atoms with Gasteiger partial charge in [0.25, 0.3) is 0 Å². The van der Waals surface area contributed by atoms with Crippen molar-refractivity contribution in [2.75, 3.05) is 11.5 Å². The van der Waals surface area contributed by atoms with Crippen LogP contribution < -0.4 is 4.90 Å². The van der Waals surface area contributed by atoms with E-state index in [1.807, 2.05) is 24.3 Å². The number of carbonyl (C=O) groups is 1. The van der Waals surface area contributed by atoms with Crippen molar-refractivity contribution in [2.24, 2.45) is 4.99 Å². The monoisotopic (exact) mass is 439 g/mol. The number of piperidine rings is 1. The Kier molecular flexibility index (Phi) is 6.51. The summed E-state index contributed by atoms with van der Waals surface area (Å²) in [6, 6.07) is 9.94. The van der Waals surface area contributed by atoms with Gasteiger partial charge in [-0.15, -0.1) is 0 Å². The Labute approximate surface area is 191 Å². The van der Waals surface area contributed by atoms with Gasteiger partial charge in [0.1, 0.15) is 0 Å². The molecule has 3 heterocycles. The number of para-hydroxylation sites is 2. The summed E-state index contributed by atoms with van der Waals surface area (Å²) in [6.45, 7) is 2.05.